The first-order valence-electron chi connectivity index (χ1n) is 5.60. The summed E-state index contributed by atoms with van der Waals surface area (Å²) in [6.07, 6.45) is 0. The molecule has 0 spiro atoms. The number of rotatable bonds is 2. The summed E-state index contributed by atoms with van der Waals surface area (Å²) in [5, 5.41) is 0. The minimum absolute atomic E-state index is 0.449. The van der Waals surface area contributed by atoms with Gasteiger partial charge in [0.05, 0.1) is 2.74 Å². The van der Waals surface area contributed by atoms with Gasteiger partial charge in [0.2, 0.25) is 0 Å². The highest BCUT2D eigenvalue weighted by atomic mass is 14.0. The zero-order chi connectivity index (χ0) is 11.4. The molecule has 68 valence electrons. The van der Waals surface area contributed by atoms with E-state index in [0.717, 1.165) is 16.7 Å². The van der Waals surface area contributed by atoms with Crippen LogP contribution in [-0.2, 0) is 0 Å². The van der Waals surface area contributed by atoms with Crippen molar-refractivity contribution in [3.8, 4) is 0 Å². The minimum atomic E-state index is 0.449. The topological polar surface area (TPSA) is 0 Å². The fourth-order valence-electron chi connectivity index (χ4n) is 1.33. The van der Waals surface area contributed by atoms with Crippen LogP contribution in [0.4, 0.5) is 0 Å². The van der Waals surface area contributed by atoms with Gasteiger partial charge in [0.1, 0.15) is 0 Å². The van der Waals surface area contributed by atoms with Crippen molar-refractivity contribution in [1.29, 1.82) is 0 Å². The molecule has 2 aromatic rings. The van der Waals surface area contributed by atoms with Crippen LogP contribution in [0.15, 0.2) is 67.2 Å². The molecule has 0 saturated carbocycles. The molecule has 0 aliphatic heterocycles. The Balaban J connectivity index is 2.51. The monoisotopic (exact) mass is 182 g/mol. The Morgan fingerprint density at radius 3 is 2.21 bits per heavy atom. The van der Waals surface area contributed by atoms with E-state index in [9.17, 15) is 0 Å². The molecule has 0 atom stereocenters. The average molecular weight is 182 g/mol. The van der Waals surface area contributed by atoms with Crippen LogP contribution in [0.3, 0.4) is 0 Å². The molecule has 2 aromatic carbocycles. The van der Waals surface area contributed by atoms with E-state index in [2.05, 4.69) is 0 Å². The third-order valence-electron chi connectivity index (χ3n) is 2.08. The molecule has 0 heterocycles. The van der Waals surface area contributed by atoms with E-state index in [1.165, 1.54) is 6.55 Å². The van der Waals surface area contributed by atoms with Gasteiger partial charge in [-0.15, -0.1) is 0 Å². The van der Waals surface area contributed by atoms with Crippen LogP contribution in [0.5, 0.6) is 0 Å². The summed E-state index contributed by atoms with van der Waals surface area (Å²) < 4.78 is 15.3. The quantitative estimate of drug-likeness (QED) is 0.663. The molecule has 0 amide bonds. The van der Waals surface area contributed by atoms with Gasteiger partial charge in [-0.2, -0.15) is 0 Å². The van der Waals surface area contributed by atoms with Crippen molar-refractivity contribution in [2.24, 2.45) is 0 Å². The van der Waals surface area contributed by atoms with Gasteiger partial charge >= 0.3 is 0 Å². The lowest BCUT2D eigenvalue weighted by molar-refractivity contribution is 1.56. The SMILES string of the molecule is [2H]C=C(c1ccccc1)c1ccccc1[2H]. The summed E-state index contributed by atoms with van der Waals surface area (Å²) in [6.45, 7) is 1.31. The van der Waals surface area contributed by atoms with Gasteiger partial charge in [-0.1, -0.05) is 67.2 Å². The van der Waals surface area contributed by atoms with E-state index in [4.69, 9.17) is 2.74 Å². The second-order valence-electron chi connectivity index (χ2n) is 3.06. The van der Waals surface area contributed by atoms with Crippen molar-refractivity contribution in [3.63, 3.8) is 0 Å². The molecule has 0 aliphatic rings. The Bertz CT molecular complexity index is 501. The Hall–Kier alpha value is -1.82. The van der Waals surface area contributed by atoms with Crippen LogP contribution >= 0.6 is 0 Å². The summed E-state index contributed by atoms with van der Waals surface area (Å²) in [5.41, 5.74) is 2.55. The Morgan fingerprint density at radius 1 is 0.929 bits per heavy atom. The third-order valence-corrected chi connectivity index (χ3v) is 2.08. The van der Waals surface area contributed by atoms with Gasteiger partial charge in [-0.05, 0) is 16.7 Å². The summed E-state index contributed by atoms with van der Waals surface area (Å²) in [7, 11) is 0. The van der Waals surface area contributed by atoms with Crippen LogP contribution in [0.2, 0.25) is 0 Å². The lowest BCUT2D eigenvalue weighted by Crippen LogP contribution is -1.84. The van der Waals surface area contributed by atoms with E-state index in [-0.39, 0.29) is 0 Å². The molecule has 0 N–H and O–H groups in total. The smallest absolute Gasteiger partial charge is 0.0629 e. The third kappa shape index (κ3) is 1.74. The maximum Gasteiger partial charge on any atom is 0.0629 e. The highest BCUT2D eigenvalue weighted by Crippen LogP contribution is 2.20. The first-order valence-corrected chi connectivity index (χ1v) is 4.53. The molecule has 0 fully saturated rings. The van der Waals surface area contributed by atoms with Crippen LogP contribution in [0.25, 0.3) is 5.57 Å². The lowest BCUT2D eigenvalue weighted by atomic mass is 10.0. The number of benzene rings is 2. The summed E-state index contributed by atoms with van der Waals surface area (Å²) in [5.74, 6) is 0. The molecule has 0 radical (unpaired) electrons. The fourth-order valence-corrected chi connectivity index (χ4v) is 1.33. The van der Waals surface area contributed by atoms with E-state index in [1.54, 1.807) is 6.07 Å². The molecular formula is C14H12. The molecule has 0 saturated heterocycles. The second-order valence-corrected chi connectivity index (χ2v) is 3.06. The van der Waals surface area contributed by atoms with Crippen LogP contribution < -0.4 is 0 Å². The minimum Gasteiger partial charge on any atom is -0.0906 e. The zero-order valence-corrected chi connectivity index (χ0v) is 7.77. The summed E-state index contributed by atoms with van der Waals surface area (Å²) >= 11 is 0. The molecule has 14 heavy (non-hydrogen) atoms. The number of hydrogen-bond acceptors (Lipinski definition) is 0. The van der Waals surface area contributed by atoms with Crippen molar-refractivity contribution in [1.82, 2.24) is 0 Å². The normalized spacial score (nSPS) is 13.3. The standard InChI is InChI=1S/C14H12/c1-12(13-8-4-2-5-9-13)14-10-6-3-7-11-14/h2-11H,1H2/i1D,8D. The first-order chi connectivity index (χ1) is 7.83. The molecule has 0 aromatic heterocycles. The van der Waals surface area contributed by atoms with E-state index >= 15 is 0 Å². The van der Waals surface area contributed by atoms with Gasteiger partial charge in [-0.3, -0.25) is 0 Å². The van der Waals surface area contributed by atoms with Crippen LogP contribution in [0, 0.1) is 0 Å². The van der Waals surface area contributed by atoms with E-state index < -0.39 is 0 Å². The fraction of sp³-hybridized carbons (Fsp3) is 0. The highest BCUT2D eigenvalue weighted by molar-refractivity contribution is 5.77. The van der Waals surface area contributed by atoms with E-state index in [1.807, 2.05) is 48.5 Å². The Labute approximate surface area is 87.3 Å². The largest absolute Gasteiger partial charge is 0.0906 e. The molecule has 0 nitrogen and oxygen atoms in total. The first kappa shape index (κ1) is 6.61. The van der Waals surface area contributed by atoms with Crippen LogP contribution in [-0.4, -0.2) is 0 Å². The molecular weight excluding hydrogens is 168 g/mol. The van der Waals surface area contributed by atoms with Crippen LogP contribution in [0.1, 0.15) is 13.9 Å². The van der Waals surface area contributed by atoms with Crippen molar-refractivity contribution < 1.29 is 2.74 Å². The molecule has 0 heteroatoms. The van der Waals surface area contributed by atoms with Gasteiger partial charge in [0.15, 0.2) is 0 Å². The second kappa shape index (κ2) is 3.93. The lowest BCUT2D eigenvalue weighted by Gasteiger charge is -2.04. The molecule has 0 bridgehead atoms. The van der Waals surface area contributed by atoms with Crippen molar-refractivity contribution in [3.05, 3.63) is 78.3 Å². The maximum absolute atomic E-state index is 7.83. The van der Waals surface area contributed by atoms with Gasteiger partial charge in [-0.25, -0.2) is 0 Å². The summed E-state index contributed by atoms with van der Waals surface area (Å²) in [4.78, 5) is 0. The van der Waals surface area contributed by atoms with Crippen molar-refractivity contribution in [2.45, 2.75) is 0 Å². The molecule has 2 rings (SSSR count). The molecule has 0 unspecified atom stereocenters. The zero-order valence-electron chi connectivity index (χ0n) is 9.77. The predicted octanol–water partition coefficient (Wildman–Crippen LogP) is 3.75. The van der Waals surface area contributed by atoms with Gasteiger partial charge < -0.3 is 0 Å². The predicted molar refractivity (Wildman–Crippen MR) is 61.0 cm³/mol. The van der Waals surface area contributed by atoms with Crippen molar-refractivity contribution >= 4 is 5.57 Å². The maximum atomic E-state index is 7.83. The van der Waals surface area contributed by atoms with Crippen molar-refractivity contribution in [2.75, 3.05) is 0 Å². The Kier molecular flexibility index (Phi) is 1.85. The Morgan fingerprint density at radius 2 is 1.57 bits per heavy atom. The highest BCUT2D eigenvalue weighted by Gasteiger charge is 1.99. The van der Waals surface area contributed by atoms with Gasteiger partial charge in [0, 0.05) is 0 Å². The van der Waals surface area contributed by atoms with Gasteiger partial charge in [0.25, 0.3) is 0 Å². The molecule has 0 aliphatic carbocycles. The van der Waals surface area contributed by atoms with E-state index in [0.29, 0.717) is 6.04 Å². The average Bonchev–Trinajstić information content (AvgIpc) is 2.34. The number of hydrogen-bond donors (Lipinski definition) is 0. The summed E-state index contributed by atoms with van der Waals surface area (Å²) in [6, 6.07) is 17.5.